The van der Waals surface area contributed by atoms with E-state index in [0.29, 0.717) is 11.4 Å². The highest BCUT2D eigenvalue weighted by molar-refractivity contribution is 6.30. The van der Waals surface area contributed by atoms with E-state index >= 15 is 0 Å². The van der Waals surface area contributed by atoms with Crippen LogP contribution in [0.4, 0.5) is 0 Å². The molecule has 1 aromatic carbocycles. The summed E-state index contributed by atoms with van der Waals surface area (Å²) in [6, 6.07) is 9.33. The Labute approximate surface area is 112 Å². The molecule has 0 saturated carbocycles. The van der Waals surface area contributed by atoms with Gasteiger partial charge in [0.15, 0.2) is 0 Å². The first-order chi connectivity index (χ1) is 8.60. The van der Waals surface area contributed by atoms with Crippen molar-refractivity contribution in [1.29, 1.82) is 0 Å². The lowest BCUT2D eigenvalue weighted by Crippen LogP contribution is -2.06. The summed E-state index contributed by atoms with van der Waals surface area (Å²) in [6.07, 6.45) is 0.943. The highest BCUT2D eigenvalue weighted by Crippen LogP contribution is 2.20. The number of rotatable bonds is 4. The molecule has 0 bridgehead atoms. The van der Waals surface area contributed by atoms with E-state index in [4.69, 9.17) is 11.6 Å². The quantitative estimate of drug-likeness (QED) is 0.922. The van der Waals surface area contributed by atoms with Gasteiger partial charge < -0.3 is 5.11 Å². The van der Waals surface area contributed by atoms with Crippen LogP contribution < -0.4 is 0 Å². The van der Waals surface area contributed by atoms with Crippen molar-refractivity contribution in [3.63, 3.8) is 0 Å². The van der Waals surface area contributed by atoms with Gasteiger partial charge in [-0.2, -0.15) is 5.10 Å². The van der Waals surface area contributed by atoms with Gasteiger partial charge in [0.05, 0.1) is 11.8 Å². The van der Waals surface area contributed by atoms with E-state index in [1.807, 2.05) is 29.9 Å². The number of aryl methyl sites for hydroxylation is 2. The lowest BCUT2D eigenvalue weighted by molar-refractivity contribution is 0.176. The zero-order valence-electron chi connectivity index (χ0n) is 10.6. The number of benzene rings is 1. The number of halogens is 1. The van der Waals surface area contributed by atoms with E-state index in [1.165, 1.54) is 0 Å². The van der Waals surface area contributed by atoms with Crippen LogP contribution in [-0.2, 0) is 19.9 Å². The minimum absolute atomic E-state index is 0.526. The average Bonchev–Trinajstić information content (AvgIpc) is 2.71. The van der Waals surface area contributed by atoms with Crippen molar-refractivity contribution in [2.24, 2.45) is 7.05 Å². The fraction of sp³-hybridized carbons (Fsp3) is 0.357. The second-order valence-electron chi connectivity index (χ2n) is 4.38. The first kappa shape index (κ1) is 13.1. The third kappa shape index (κ3) is 2.92. The highest BCUT2D eigenvalue weighted by Gasteiger charge is 2.12. The van der Waals surface area contributed by atoms with Gasteiger partial charge in [0.25, 0.3) is 0 Å². The van der Waals surface area contributed by atoms with Gasteiger partial charge in [-0.15, -0.1) is 0 Å². The van der Waals surface area contributed by atoms with Gasteiger partial charge in [-0.1, -0.05) is 30.7 Å². The standard InChI is InChI=1S/C14H17ClN2O/c1-3-12-8-13(17(2)16-12)9-14(18)10-4-6-11(15)7-5-10/h4-8,14,18H,3,9H2,1-2H3. The van der Waals surface area contributed by atoms with E-state index in [-0.39, 0.29) is 0 Å². The van der Waals surface area contributed by atoms with Gasteiger partial charge >= 0.3 is 0 Å². The van der Waals surface area contributed by atoms with Gasteiger partial charge in [0, 0.05) is 24.2 Å². The van der Waals surface area contributed by atoms with Gasteiger partial charge in [-0.05, 0) is 30.2 Å². The number of aromatic nitrogens is 2. The normalized spacial score (nSPS) is 12.7. The topological polar surface area (TPSA) is 38.0 Å². The molecule has 2 rings (SSSR count). The van der Waals surface area contributed by atoms with Crippen LogP contribution in [0.2, 0.25) is 5.02 Å². The van der Waals surface area contributed by atoms with Crippen LogP contribution in [0.15, 0.2) is 30.3 Å². The smallest absolute Gasteiger partial charge is 0.0845 e. The molecule has 0 amide bonds. The number of hydrogen-bond donors (Lipinski definition) is 1. The zero-order valence-corrected chi connectivity index (χ0v) is 11.4. The number of aliphatic hydroxyl groups excluding tert-OH is 1. The van der Waals surface area contributed by atoms with Gasteiger partial charge in [0.2, 0.25) is 0 Å². The molecular weight excluding hydrogens is 248 g/mol. The van der Waals surface area contributed by atoms with Crippen LogP contribution in [0, 0.1) is 0 Å². The van der Waals surface area contributed by atoms with Gasteiger partial charge in [-0.3, -0.25) is 4.68 Å². The Kier molecular flexibility index (Phi) is 4.04. The van der Waals surface area contributed by atoms with E-state index in [1.54, 1.807) is 12.1 Å². The van der Waals surface area contributed by atoms with Crippen molar-refractivity contribution in [2.45, 2.75) is 25.9 Å². The zero-order chi connectivity index (χ0) is 13.1. The molecule has 0 radical (unpaired) electrons. The lowest BCUT2D eigenvalue weighted by Gasteiger charge is -2.11. The fourth-order valence-electron chi connectivity index (χ4n) is 1.94. The first-order valence-electron chi connectivity index (χ1n) is 6.05. The molecule has 1 aromatic heterocycles. The molecule has 1 atom stereocenters. The maximum Gasteiger partial charge on any atom is 0.0845 e. The van der Waals surface area contributed by atoms with E-state index < -0.39 is 6.10 Å². The Bertz CT molecular complexity index is 519. The third-order valence-electron chi connectivity index (χ3n) is 3.05. The Morgan fingerprint density at radius 1 is 1.33 bits per heavy atom. The largest absolute Gasteiger partial charge is 0.388 e. The molecule has 1 N–H and O–H groups in total. The molecule has 96 valence electrons. The number of aliphatic hydroxyl groups is 1. The second kappa shape index (κ2) is 5.55. The molecule has 0 spiro atoms. The third-order valence-corrected chi connectivity index (χ3v) is 3.30. The summed E-state index contributed by atoms with van der Waals surface area (Å²) in [5.74, 6) is 0. The molecule has 4 heteroatoms. The Morgan fingerprint density at radius 2 is 2.00 bits per heavy atom. The summed E-state index contributed by atoms with van der Waals surface area (Å²) in [4.78, 5) is 0. The van der Waals surface area contributed by atoms with Crippen molar-refractivity contribution < 1.29 is 5.11 Å². The molecule has 1 unspecified atom stereocenters. The van der Waals surface area contributed by atoms with E-state index in [0.717, 1.165) is 23.4 Å². The van der Waals surface area contributed by atoms with Crippen LogP contribution in [0.5, 0.6) is 0 Å². The summed E-state index contributed by atoms with van der Waals surface area (Å²) in [5.41, 5.74) is 2.96. The summed E-state index contributed by atoms with van der Waals surface area (Å²) in [5, 5.41) is 15.2. The monoisotopic (exact) mass is 264 g/mol. The molecule has 2 aromatic rings. The van der Waals surface area contributed by atoms with Crippen LogP contribution in [0.3, 0.4) is 0 Å². The first-order valence-corrected chi connectivity index (χ1v) is 6.43. The maximum absolute atomic E-state index is 10.2. The molecule has 0 aliphatic carbocycles. The Balaban J connectivity index is 2.13. The van der Waals surface area contributed by atoms with Gasteiger partial charge in [-0.25, -0.2) is 0 Å². The molecule has 0 saturated heterocycles. The van der Waals surface area contributed by atoms with E-state index in [9.17, 15) is 5.11 Å². The molecule has 3 nitrogen and oxygen atoms in total. The highest BCUT2D eigenvalue weighted by atomic mass is 35.5. The Hall–Kier alpha value is -1.32. The molecule has 0 aliphatic heterocycles. The summed E-state index contributed by atoms with van der Waals surface area (Å²) in [6.45, 7) is 2.07. The van der Waals surface area contributed by atoms with Crippen LogP contribution in [-0.4, -0.2) is 14.9 Å². The van der Waals surface area contributed by atoms with Crippen LogP contribution in [0.25, 0.3) is 0 Å². The fourth-order valence-corrected chi connectivity index (χ4v) is 2.06. The van der Waals surface area contributed by atoms with Crippen molar-refractivity contribution in [2.75, 3.05) is 0 Å². The maximum atomic E-state index is 10.2. The predicted octanol–water partition coefficient (Wildman–Crippen LogP) is 2.91. The minimum Gasteiger partial charge on any atom is -0.388 e. The SMILES string of the molecule is CCc1cc(CC(O)c2ccc(Cl)cc2)n(C)n1. The Morgan fingerprint density at radius 3 is 2.56 bits per heavy atom. The van der Waals surface area contributed by atoms with Crippen molar-refractivity contribution in [3.05, 3.63) is 52.3 Å². The predicted molar refractivity (Wildman–Crippen MR) is 72.7 cm³/mol. The van der Waals surface area contributed by atoms with Gasteiger partial charge in [0.1, 0.15) is 0 Å². The summed E-state index contributed by atoms with van der Waals surface area (Å²) >= 11 is 5.83. The molecule has 1 heterocycles. The van der Waals surface area contributed by atoms with Crippen LogP contribution in [0.1, 0.15) is 30.0 Å². The van der Waals surface area contributed by atoms with Crippen molar-refractivity contribution in [1.82, 2.24) is 9.78 Å². The number of nitrogens with zero attached hydrogens (tertiary/aromatic N) is 2. The van der Waals surface area contributed by atoms with Crippen molar-refractivity contribution >= 4 is 11.6 Å². The molecule has 18 heavy (non-hydrogen) atoms. The summed E-state index contributed by atoms with van der Waals surface area (Å²) < 4.78 is 1.83. The summed E-state index contributed by atoms with van der Waals surface area (Å²) in [7, 11) is 1.91. The lowest BCUT2D eigenvalue weighted by atomic mass is 10.0. The molecular formula is C14H17ClN2O. The van der Waals surface area contributed by atoms with Crippen molar-refractivity contribution in [3.8, 4) is 0 Å². The van der Waals surface area contributed by atoms with E-state index in [2.05, 4.69) is 12.0 Å². The molecule has 0 fully saturated rings. The number of hydrogen-bond acceptors (Lipinski definition) is 2. The average molecular weight is 265 g/mol. The van der Waals surface area contributed by atoms with Crippen LogP contribution >= 0.6 is 11.6 Å². The minimum atomic E-state index is -0.526. The molecule has 0 aliphatic rings. The second-order valence-corrected chi connectivity index (χ2v) is 4.81.